The van der Waals surface area contributed by atoms with E-state index in [1.807, 2.05) is 30.3 Å². The van der Waals surface area contributed by atoms with Gasteiger partial charge in [-0.15, -0.1) is 0 Å². The molecule has 4 heteroatoms. The fourth-order valence-electron chi connectivity index (χ4n) is 0.812. The lowest BCUT2D eigenvalue weighted by Gasteiger charge is -1.98. The fraction of sp³-hybridized carbons (Fsp3) is 0.250. The van der Waals surface area contributed by atoms with Gasteiger partial charge in [0.1, 0.15) is 0 Å². The monoisotopic (exact) mass is 167 g/mol. The number of rotatable bonds is 4. The Balaban J connectivity index is 2.29. The first-order chi connectivity index (χ1) is 5.79. The highest BCUT2D eigenvalue weighted by atomic mass is 16.7. The maximum Gasteiger partial charge on any atom is 0.306 e. The molecule has 0 N–H and O–H groups in total. The summed E-state index contributed by atoms with van der Waals surface area (Å²) in [6.45, 7) is -0.142. The van der Waals surface area contributed by atoms with E-state index in [2.05, 4.69) is 0 Å². The summed E-state index contributed by atoms with van der Waals surface area (Å²) in [5.41, 5.74) is 0.944. The summed E-state index contributed by atoms with van der Waals surface area (Å²) < 4.78 is 4.78. The number of nitro groups is 1. The van der Waals surface area contributed by atoms with E-state index in [4.69, 9.17) is 4.74 Å². The van der Waals surface area contributed by atoms with Crippen LogP contribution in [0.15, 0.2) is 30.3 Å². The second-order valence-corrected chi connectivity index (χ2v) is 2.30. The lowest BCUT2D eigenvalue weighted by Crippen LogP contribution is -2.05. The molecule has 0 aliphatic rings. The van der Waals surface area contributed by atoms with Gasteiger partial charge in [0, 0.05) is 4.92 Å². The molecule has 0 fully saturated rings. The van der Waals surface area contributed by atoms with E-state index < -0.39 is 11.7 Å². The fourth-order valence-corrected chi connectivity index (χ4v) is 0.812. The predicted molar refractivity (Wildman–Crippen MR) is 43.1 cm³/mol. The molecule has 0 aliphatic carbocycles. The van der Waals surface area contributed by atoms with Crippen molar-refractivity contribution in [3.63, 3.8) is 0 Å². The van der Waals surface area contributed by atoms with Gasteiger partial charge in [-0.05, 0) is 5.56 Å². The number of hydrogen-bond donors (Lipinski definition) is 0. The van der Waals surface area contributed by atoms with Crippen molar-refractivity contribution in [1.29, 1.82) is 0 Å². The Morgan fingerprint density at radius 3 is 2.58 bits per heavy atom. The predicted octanol–water partition coefficient (Wildman–Crippen LogP) is 1.44. The molecule has 0 saturated carbocycles. The van der Waals surface area contributed by atoms with Gasteiger partial charge >= 0.3 is 6.73 Å². The molecule has 0 aliphatic heterocycles. The Morgan fingerprint density at radius 1 is 1.33 bits per heavy atom. The smallest absolute Gasteiger partial charge is 0.306 e. The van der Waals surface area contributed by atoms with Gasteiger partial charge in [0.05, 0.1) is 6.61 Å². The van der Waals surface area contributed by atoms with Crippen LogP contribution in [0.25, 0.3) is 0 Å². The van der Waals surface area contributed by atoms with Crippen LogP contribution in [0.5, 0.6) is 0 Å². The van der Waals surface area contributed by atoms with Crippen molar-refractivity contribution >= 4 is 0 Å². The van der Waals surface area contributed by atoms with Crippen molar-refractivity contribution in [2.45, 2.75) is 6.61 Å². The molecule has 0 aromatic heterocycles. The SMILES string of the molecule is O=[N+]([O-])COCc1ccccc1. The van der Waals surface area contributed by atoms with E-state index in [0.717, 1.165) is 5.56 Å². The first-order valence-corrected chi connectivity index (χ1v) is 3.52. The molecule has 0 bridgehead atoms. The first kappa shape index (κ1) is 8.67. The molecule has 64 valence electrons. The number of hydrogen-bond acceptors (Lipinski definition) is 3. The van der Waals surface area contributed by atoms with Gasteiger partial charge < -0.3 is 4.74 Å². The Hall–Kier alpha value is -1.42. The van der Waals surface area contributed by atoms with Crippen LogP contribution in [0.4, 0.5) is 0 Å². The molecule has 0 spiro atoms. The zero-order chi connectivity index (χ0) is 8.81. The number of benzene rings is 1. The van der Waals surface area contributed by atoms with Gasteiger partial charge in [-0.3, -0.25) is 10.1 Å². The minimum atomic E-state index is -0.497. The summed E-state index contributed by atoms with van der Waals surface area (Å²) in [6, 6.07) is 9.34. The third kappa shape index (κ3) is 3.12. The maximum absolute atomic E-state index is 9.87. The summed E-state index contributed by atoms with van der Waals surface area (Å²) >= 11 is 0. The summed E-state index contributed by atoms with van der Waals surface area (Å²) in [5, 5.41) is 9.87. The van der Waals surface area contributed by atoms with Crippen molar-refractivity contribution in [3.05, 3.63) is 46.0 Å². The van der Waals surface area contributed by atoms with Crippen molar-refractivity contribution in [1.82, 2.24) is 0 Å². The average Bonchev–Trinajstić information content (AvgIpc) is 2.05. The lowest BCUT2D eigenvalue weighted by atomic mass is 10.2. The molecule has 0 saturated heterocycles. The number of nitrogens with zero attached hydrogens (tertiary/aromatic N) is 1. The minimum Gasteiger partial charge on any atom is -0.315 e. The summed E-state index contributed by atoms with van der Waals surface area (Å²) in [6.07, 6.45) is 0. The molecular weight excluding hydrogens is 158 g/mol. The molecule has 0 radical (unpaired) electrons. The van der Waals surface area contributed by atoms with Gasteiger partial charge in [-0.1, -0.05) is 30.3 Å². The Labute approximate surface area is 69.9 Å². The minimum absolute atomic E-state index is 0.293. The Bertz CT molecular complexity index is 248. The van der Waals surface area contributed by atoms with Gasteiger partial charge in [0.15, 0.2) is 0 Å². The van der Waals surface area contributed by atoms with Crippen LogP contribution in [0.1, 0.15) is 5.56 Å². The van der Waals surface area contributed by atoms with Crippen LogP contribution in [0, 0.1) is 10.1 Å². The van der Waals surface area contributed by atoms with Crippen molar-refractivity contribution in [3.8, 4) is 0 Å². The second kappa shape index (κ2) is 4.46. The van der Waals surface area contributed by atoms with Gasteiger partial charge in [-0.2, -0.15) is 0 Å². The Kier molecular flexibility index (Phi) is 3.22. The first-order valence-electron chi connectivity index (χ1n) is 3.52. The van der Waals surface area contributed by atoms with Crippen LogP contribution in [-0.2, 0) is 11.3 Å². The van der Waals surface area contributed by atoms with Crippen LogP contribution in [-0.4, -0.2) is 11.7 Å². The third-order valence-corrected chi connectivity index (χ3v) is 1.31. The molecule has 1 rings (SSSR count). The van der Waals surface area contributed by atoms with E-state index in [1.165, 1.54) is 0 Å². The van der Waals surface area contributed by atoms with Crippen LogP contribution in [0.2, 0.25) is 0 Å². The molecular formula is C8H9NO3. The molecule has 0 atom stereocenters. The highest BCUT2D eigenvalue weighted by Gasteiger charge is 1.96. The summed E-state index contributed by atoms with van der Waals surface area (Å²) in [5.74, 6) is 0. The zero-order valence-electron chi connectivity index (χ0n) is 6.47. The maximum atomic E-state index is 9.87. The van der Waals surface area contributed by atoms with Crippen molar-refractivity contribution in [2.24, 2.45) is 0 Å². The highest BCUT2D eigenvalue weighted by molar-refractivity contribution is 5.13. The Morgan fingerprint density at radius 2 is 2.00 bits per heavy atom. The van der Waals surface area contributed by atoms with E-state index in [9.17, 15) is 10.1 Å². The molecule has 12 heavy (non-hydrogen) atoms. The van der Waals surface area contributed by atoms with E-state index in [1.54, 1.807) is 0 Å². The van der Waals surface area contributed by atoms with Crippen molar-refractivity contribution < 1.29 is 9.66 Å². The normalized spacial score (nSPS) is 9.67. The molecule has 0 amide bonds. The topological polar surface area (TPSA) is 52.4 Å². The quantitative estimate of drug-likeness (QED) is 0.387. The standard InChI is InChI=1S/C8H9NO3/c10-9(11)7-12-6-8-4-2-1-3-5-8/h1-5H,6-7H2. The van der Waals surface area contributed by atoms with E-state index in [0.29, 0.717) is 6.61 Å². The molecule has 4 nitrogen and oxygen atoms in total. The third-order valence-electron chi connectivity index (χ3n) is 1.31. The number of ether oxygens (including phenoxy) is 1. The largest absolute Gasteiger partial charge is 0.315 e. The van der Waals surface area contributed by atoms with Crippen LogP contribution in [0.3, 0.4) is 0 Å². The van der Waals surface area contributed by atoms with Gasteiger partial charge in [0.25, 0.3) is 0 Å². The van der Waals surface area contributed by atoms with Crippen LogP contribution < -0.4 is 0 Å². The second-order valence-electron chi connectivity index (χ2n) is 2.30. The zero-order valence-corrected chi connectivity index (χ0v) is 6.47. The molecule has 0 heterocycles. The van der Waals surface area contributed by atoms with Gasteiger partial charge in [-0.25, -0.2) is 0 Å². The summed E-state index contributed by atoms with van der Waals surface area (Å²) in [4.78, 5) is 9.37. The van der Waals surface area contributed by atoms with E-state index >= 15 is 0 Å². The molecule has 1 aromatic rings. The lowest BCUT2D eigenvalue weighted by molar-refractivity contribution is -0.527. The van der Waals surface area contributed by atoms with Crippen LogP contribution >= 0.6 is 0 Å². The summed E-state index contributed by atoms with van der Waals surface area (Å²) in [7, 11) is 0. The van der Waals surface area contributed by atoms with E-state index in [-0.39, 0.29) is 0 Å². The average molecular weight is 167 g/mol. The molecule has 0 unspecified atom stereocenters. The highest BCUT2D eigenvalue weighted by Crippen LogP contribution is 1.99. The van der Waals surface area contributed by atoms with Crippen molar-refractivity contribution in [2.75, 3.05) is 6.73 Å². The molecule has 1 aromatic carbocycles. The van der Waals surface area contributed by atoms with Gasteiger partial charge in [0.2, 0.25) is 0 Å².